The number of urea groups is 1. The lowest BCUT2D eigenvalue weighted by molar-refractivity contribution is 0.236. The molecule has 22 heavy (non-hydrogen) atoms. The molecule has 0 bridgehead atoms. The minimum Gasteiger partial charge on any atom is -0.492 e. The predicted octanol–water partition coefficient (Wildman–Crippen LogP) is 3.53. The summed E-state index contributed by atoms with van der Waals surface area (Å²) in [5.74, 6) is 0.798. The highest BCUT2D eigenvalue weighted by molar-refractivity contribution is 6.30. The molecule has 0 atom stereocenters. The zero-order chi connectivity index (χ0) is 15.8. The maximum atomic E-state index is 11.6. The van der Waals surface area contributed by atoms with Gasteiger partial charge in [0.2, 0.25) is 0 Å². The van der Waals surface area contributed by atoms with Crippen LogP contribution in [0.5, 0.6) is 5.75 Å². The maximum Gasteiger partial charge on any atom is 0.315 e. The van der Waals surface area contributed by atoms with Crippen LogP contribution in [-0.4, -0.2) is 19.2 Å². The molecule has 0 fully saturated rings. The second-order valence-electron chi connectivity index (χ2n) is 4.90. The Morgan fingerprint density at radius 2 is 1.91 bits per heavy atom. The molecule has 5 heteroatoms. The van der Waals surface area contributed by atoms with Crippen molar-refractivity contribution in [2.45, 2.75) is 13.5 Å². The van der Waals surface area contributed by atoms with Crippen LogP contribution in [0.1, 0.15) is 11.1 Å². The van der Waals surface area contributed by atoms with E-state index in [9.17, 15) is 4.79 Å². The molecular weight excluding hydrogens is 300 g/mol. The molecule has 116 valence electrons. The smallest absolute Gasteiger partial charge is 0.315 e. The first-order valence-corrected chi connectivity index (χ1v) is 7.47. The van der Waals surface area contributed by atoms with Crippen molar-refractivity contribution < 1.29 is 9.53 Å². The number of hydrogen-bond acceptors (Lipinski definition) is 2. The third-order valence-corrected chi connectivity index (χ3v) is 3.25. The van der Waals surface area contributed by atoms with Gasteiger partial charge in [0.15, 0.2) is 0 Å². The summed E-state index contributed by atoms with van der Waals surface area (Å²) < 4.78 is 5.53. The Kier molecular flexibility index (Phi) is 6.10. The molecule has 0 saturated heterocycles. The first-order valence-electron chi connectivity index (χ1n) is 7.09. The highest BCUT2D eigenvalue weighted by Crippen LogP contribution is 2.11. The number of hydrogen-bond donors (Lipinski definition) is 2. The molecule has 0 aliphatic carbocycles. The minimum atomic E-state index is -0.229. The van der Waals surface area contributed by atoms with Crippen molar-refractivity contribution in [1.82, 2.24) is 10.6 Å². The molecule has 2 N–H and O–H groups in total. The summed E-state index contributed by atoms with van der Waals surface area (Å²) in [4.78, 5) is 11.6. The fourth-order valence-electron chi connectivity index (χ4n) is 1.86. The van der Waals surface area contributed by atoms with E-state index in [2.05, 4.69) is 10.6 Å². The van der Waals surface area contributed by atoms with E-state index in [4.69, 9.17) is 16.3 Å². The van der Waals surface area contributed by atoms with Gasteiger partial charge in [-0.15, -0.1) is 0 Å². The number of ether oxygens (including phenoxy) is 1. The van der Waals surface area contributed by atoms with E-state index < -0.39 is 0 Å². The summed E-state index contributed by atoms with van der Waals surface area (Å²) in [5.41, 5.74) is 2.14. The highest BCUT2D eigenvalue weighted by atomic mass is 35.5. The molecule has 0 radical (unpaired) electrons. The standard InChI is InChI=1S/C17H19ClN2O2/c1-13-5-7-16(8-6-13)22-10-9-19-17(21)20-12-14-3-2-4-15(18)11-14/h2-8,11H,9-10,12H2,1H3,(H2,19,20,21). The third kappa shape index (κ3) is 5.66. The monoisotopic (exact) mass is 318 g/mol. The van der Waals surface area contributed by atoms with E-state index in [0.29, 0.717) is 24.7 Å². The van der Waals surface area contributed by atoms with E-state index >= 15 is 0 Å². The fraction of sp³-hybridized carbons (Fsp3) is 0.235. The summed E-state index contributed by atoms with van der Waals surface area (Å²) >= 11 is 5.89. The lowest BCUT2D eigenvalue weighted by Gasteiger charge is -2.09. The molecule has 0 spiro atoms. The Hall–Kier alpha value is -2.20. The Balaban J connectivity index is 1.62. The zero-order valence-corrected chi connectivity index (χ0v) is 13.2. The van der Waals surface area contributed by atoms with E-state index in [-0.39, 0.29) is 6.03 Å². The number of carbonyl (C=O) groups excluding carboxylic acids is 1. The largest absolute Gasteiger partial charge is 0.492 e. The van der Waals surface area contributed by atoms with E-state index in [1.54, 1.807) is 6.07 Å². The van der Waals surface area contributed by atoms with Crippen molar-refractivity contribution in [3.63, 3.8) is 0 Å². The Bertz CT molecular complexity index is 614. The molecular formula is C17H19ClN2O2. The summed E-state index contributed by atoms with van der Waals surface area (Å²) in [6.07, 6.45) is 0. The molecule has 0 aliphatic heterocycles. The molecule has 2 rings (SSSR count). The van der Waals surface area contributed by atoms with Crippen molar-refractivity contribution in [1.29, 1.82) is 0 Å². The minimum absolute atomic E-state index is 0.229. The van der Waals surface area contributed by atoms with Crippen LogP contribution in [0.3, 0.4) is 0 Å². The van der Waals surface area contributed by atoms with Gasteiger partial charge >= 0.3 is 6.03 Å². The highest BCUT2D eigenvalue weighted by Gasteiger charge is 2.01. The van der Waals surface area contributed by atoms with Crippen LogP contribution in [0, 0.1) is 6.92 Å². The number of amides is 2. The summed E-state index contributed by atoms with van der Waals surface area (Å²) in [7, 11) is 0. The van der Waals surface area contributed by atoms with Crippen molar-refractivity contribution >= 4 is 17.6 Å². The van der Waals surface area contributed by atoms with Gasteiger partial charge in [-0.3, -0.25) is 0 Å². The number of rotatable bonds is 6. The first kappa shape index (κ1) is 16.2. The molecule has 2 amide bonds. The third-order valence-electron chi connectivity index (χ3n) is 3.02. The van der Waals surface area contributed by atoms with Crippen molar-refractivity contribution in [2.75, 3.05) is 13.2 Å². The molecule has 0 unspecified atom stereocenters. The zero-order valence-electron chi connectivity index (χ0n) is 12.4. The Morgan fingerprint density at radius 1 is 1.14 bits per heavy atom. The lowest BCUT2D eigenvalue weighted by atomic mass is 10.2. The number of carbonyl (C=O) groups is 1. The Morgan fingerprint density at radius 3 is 2.64 bits per heavy atom. The SMILES string of the molecule is Cc1ccc(OCCNC(=O)NCc2cccc(Cl)c2)cc1. The quantitative estimate of drug-likeness (QED) is 0.801. The van der Waals surface area contributed by atoms with Crippen LogP contribution in [0.25, 0.3) is 0 Å². The normalized spacial score (nSPS) is 10.1. The van der Waals surface area contributed by atoms with Gasteiger partial charge < -0.3 is 15.4 Å². The van der Waals surface area contributed by atoms with Crippen molar-refractivity contribution in [2.24, 2.45) is 0 Å². The fourth-order valence-corrected chi connectivity index (χ4v) is 2.07. The van der Waals surface area contributed by atoms with Crippen LogP contribution < -0.4 is 15.4 Å². The molecule has 2 aromatic carbocycles. The summed E-state index contributed by atoms with van der Waals surface area (Å²) in [6, 6.07) is 15.0. The molecule has 0 heterocycles. The van der Waals surface area contributed by atoms with Gasteiger partial charge in [-0.25, -0.2) is 4.79 Å². The predicted molar refractivity (Wildman–Crippen MR) is 88.4 cm³/mol. The van der Waals surface area contributed by atoms with Crippen LogP contribution in [0.2, 0.25) is 5.02 Å². The van der Waals surface area contributed by atoms with Crippen molar-refractivity contribution in [3.05, 3.63) is 64.7 Å². The second kappa shape index (κ2) is 8.29. The molecule has 2 aromatic rings. The van der Waals surface area contributed by atoms with E-state index in [1.807, 2.05) is 49.4 Å². The first-order chi connectivity index (χ1) is 10.6. The van der Waals surface area contributed by atoms with E-state index in [1.165, 1.54) is 5.56 Å². The van der Waals surface area contributed by atoms with Crippen LogP contribution >= 0.6 is 11.6 Å². The van der Waals surface area contributed by atoms with Gasteiger partial charge in [0.1, 0.15) is 12.4 Å². The second-order valence-corrected chi connectivity index (χ2v) is 5.34. The van der Waals surface area contributed by atoms with Gasteiger partial charge in [0, 0.05) is 11.6 Å². The topological polar surface area (TPSA) is 50.4 Å². The molecule has 0 saturated carbocycles. The van der Waals surface area contributed by atoms with Crippen LogP contribution in [0.15, 0.2) is 48.5 Å². The molecule has 4 nitrogen and oxygen atoms in total. The average molecular weight is 319 g/mol. The van der Waals surface area contributed by atoms with Gasteiger partial charge in [0.05, 0.1) is 6.54 Å². The number of nitrogens with one attached hydrogen (secondary N) is 2. The van der Waals surface area contributed by atoms with Gasteiger partial charge in [-0.1, -0.05) is 41.4 Å². The average Bonchev–Trinajstić information content (AvgIpc) is 2.51. The maximum absolute atomic E-state index is 11.6. The van der Waals surface area contributed by atoms with Gasteiger partial charge in [-0.05, 0) is 36.8 Å². The molecule has 0 aromatic heterocycles. The molecule has 0 aliphatic rings. The van der Waals surface area contributed by atoms with Gasteiger partial charge in [-0.2, -0.15) is 0 Å². The Labute approximate surface area is 135 Å². The number of halogens is 1. The number of aryl methyl sites for hydroxylation is 1. The van der Waals surface area contributed by atoms with E-state index in [0.717, 1.165) is 11.3 Å². The number of benzene rings is 2. The summed E-state index contributed by atoms with van der Waals surface area (Å²) in [5, 5.41) is 6.17. The van der Waals surface area contributed by atoms with Gasteiger partial charge in [0.25, 0.3) is 0 Å². The summed E-state index contributed by atoms with van der Waals surface area (Å²) in [6.45, 7) is 3.32. The van der Waals surface area contributed by atoms with Crippen LogP contribution in [0.4, 0.5) is 4.79 Å². The van der Waals surface area contributed by atoms with Crippen molar-refractivity contribution in [3.8, 4) is 5.75 Å². The lowest BCUT2D eigenvalue weighted by Crippen LogP contribution is -2.37. The van der Waals surface area contributed by atoms with Crippen LogP contribution in [-0.2, 0) is 6.54 Å².